The van der Waals surface area contributed by atoms with Crippen molar-refractivity contribution in [1.82, 2.24) is 0 Å². The summed E-state index contributed by atoms with van der Waals surface area (Å²) < 4.78 is 5.18. The summed E-state index contributed by atoms with van der Waals surface area (Å²) in [6.07, 6.45) is -0.954. The number of hydrogen-bond acceptors (Lipinski definition) is 5. The first-order valence-corrected chi connectivity index (χ1v) is 6.83. The summed E-state index contributed by atoms with van der Waals surface area (Å²) in [7, 11) is 0. The molecule has 0 unspecified atom stereocenters. The molecular weight excluding hydrogens is 284 g/mol. The lowest BCUT2D eigenvalue weighted by atomic mass is 10.2. The average Bonchev–Trinajstić information content (AvgIpc) is 2.61. The molecule has 0 aromatic heterocycles. The van der Waals surface area contributed by atoms with Crippen LogP contribution in [0.1, 0.15) is 15.9 Å². The molecule has 0 saturated carbocycles. The lowest BCUT2D eigenvalue weighted by Gasteiger charge is -2.04. The maximum Gasteiger partial charge on any atom is 0.338 e. The predicted octanol–water partition coefficient (Wildman–Crippen LogP) is 1.38. The Balaban J connectivity index is 0.000000346. The first-order chi connectivity index (χ1) is 10.7. The van der Waals surface area contributed by atoms with E-state index in [-0.39, 0.29) is 19.2 Å². The summed E-state index contributed by atoms with van der Waals surface area (Å²) in [5.74, 6) is -0.288. The Hall–Kier alpha value is -2.21. The van der Waals surface area contributed by atoms with Crippen molar-refractivity contribution in [3.63, 3.8) is 0 Å². The van der Waals surface area contributed by atoms with Gasteiger partial charge in [-0.25, -0.2) is 4.79 Å². The predicted molar refractivity (Wildman–Crippen MR) is 82.2 cm³/mol. The number of benzene rings is 2. The van der Waals surface area contributed by atoms with E-state index in [0.29, 0.717) is 12.2 Å². The van der Waals surface area contributed by atoms with Gasteiger partial charge in [-0.05, 0) is 17.7 Å². The Labute approximate surface area is 129 Å². The maximum absolute atomic E-state index is 11.6. The Kier molecular flexibility index (Phi) is 8.52. The lowest BCUT2D eigenvalue weighted by Crippen LogP contribution is -2.15. The van der Waals surface area contributed by atoms with E-state index in [4.69, 9.17) is 20.1 Å². The fraction of sp³-hybridized carbons (Fsp3) is 0.235. The number of hydrogen-bond donors (Lipinski definition) is 3. The van der Waals surface area contributed by atoms with Crippen molar-refractivity contribution in [3.05, 3.63) is 71.8 Å². The van der Waals surface area contributed by atoms with Crippen LogP contribution in [-0.2, 0) is 11.3 Å². The first-order valence-electron chi connectivity index (χ1n) is 6.83. The molecular formula is C17H20O5. The molecule has 0 heterocycles. The Morgan fingerprint density at radius 1 is 0.909 bits per heavy atom. The van der Waals surface area contributed by atoms with Crippen molar-refractivity contribution in [2.24, 2.45) is 0 Å². The minimum atomic E-state index is -0.954. The number of carbonyl (C=O) groups excluding carboxylic acids is 1. The summed E-state index contributed by atoms with van der Waals surface area (Å²) in [6.45, 7) is -0.415. The van der Waals surface area contributed by atoms with Crippen LogP contribution in [0.15, 0.2) is 60.7 Å². The van der Waals surface area contributed by atoms with Gasteiger partial charge in [0, 0.05) is 0 Å². The second kappa shape index (κ2) is 10.5. The van der Waals surface area contributed by atoms with Crippen LogP contribution >= 0.6 is 0 Å². The van der Waals surface area contributed by atoms with Crippen LogP contribution in [0.4, 0.5) is 0 Å². The molecule has 0 aliphatic rings. The summed E-state index contributed by atoms with van der Waals surface area (Å²) >= 11 is 0. The highest BCUT2D eigenvalue weighted by Crippen LogP contribution is 2.05. The number of aliphatic hydroxyl groups excluding tert-OH is 3. The zero-order chi connectivity index (χ0) is 16.2. The van der Waals surface area contributed by atoms with Crippen LogP contribution in [0, 0.1) is 0 Å². The maximum atomic E-state index is 11.6. The van der Waals surface area contributed by atoms with Gasteiger partial charge < -0.3 is 20.1 Å². The highest BCUT2D eigenvalue weighted by Gasteiger charge is 2.05. The van der Waals surface area contributed by atoms with Crippen LogP contribution in [-0.4, -0.2) is 40.6 Å². The first kappa shape index (κ1) is 17.8. The Morgan fingerprint density at radius 3 is 1.86 bits per heavy atom. The van der Waals surface area contributed by atoms with Gasteiger partial charge in [-0.1, -0.05) is 48.5 Å². The summed E-state index contributed by atoms with van der Waals surface area (Å²) in [5.41, 5.74) is 1.57. The van der Waals surface area contributed by atoms with Gasteiger partial charge >= 0.3 is 5.97 Å². The van der Waals surface area contributed by atoms with Crippen molar-refractivity contribution in [3.8, 4) is 0 Å². The lowest BCUT2D eigenvalue weighted by molar-refractivity contribution is 0.0450. The molecule has 5 nitrogen and oxygen atoms in total. The van der Waals surface area contributed by atoms with Crippen molar-refractivity contribution in [2.45, 2.75) is 12.7 Å². The number of rotatable bonds is 5. The van der Waals surface area contributed by atoms with E-state index in [1.54, 1.807) is 12.1 Å². The molecule has 0 aliphatic heterocycles. The molecule has 0 atom stereocenters. The van der Waals surface area contributed by atoms with E-state index in [1.807, 2.05) is 48.5 Å². The second-order valence-corrected chi connectivity index (χ2v) is 4.45. The van der Waals surface area contributed by atoms with Gasteiger partial charge in [0.2, 0.25) is 0 Å². The third-order valence-corrected chi connectivity index (χ3v) is 2.64. The van der Waals surface area contributed by atoms with Crippen LogP contribution in [0.25, 0.3) is 0 Å². The Bertz CT molecular complexity index is 523. The van der Waals surface area contributed by atoms with Crippen LogP contribution in [0.3, 0.4) is 0 Å². The fourth-order valence-electron chi connectivity index (χ4n) is 1.44. The van der Waals surface area contributed by atoms with E-state index in [0.717, 1.165) is 5.56 Å². The van der Waals surface area contributed by atoms with Gasteiger partial charge in [-0.3, -0.25) is 0 Å². The van der Waals surface area contributed by atoms with Crippen molar-refractivity contribution >= 4 is 5.97 Å². The molecule has 0 fully saturated rings. The third-order valence-electron chi connectivity index (χ3n) is 2.64. The molecule has 2 aromatic carbocycles. The zero-order valence-corrected chi connectivity index (χ0v) is 12.1. The van der Waals surface area contributed by atoms with E-state index >= 15 is 0 Å². The molecule has 3 N–H and O–H groups in total. The molecule has 0 bridgehead atoms. The number of esters is 1. The van der Waals surface area contributed by atoms with Gasteiger partial charge in [-0.2, -0.15) is 0 Å². The highest BCUT2D eigenvalue weighted by atomic mass is 16.5. The molecule has 0 amide bonds. The summed E-state index contributed by atoms with van der Waals surface area (Å²) in [4.78, 5) is 11.6. The van der Waals surface area contributed by atoms with Crippen LogP contribution in [0.2, 0.25) is 0 Å². The van der Waals surface area contributed by atoms with Crippen LogP contribution < -0.4 is 0 Å². The standard InChI is InChI=1S/C14H12O2.C3H8O3/c15-14(13-9-5-2-6-10-13)16-11-12-7-3-1-4-8-12;4-1-3(6)2-5/h1-10H,11H2;3-6H,1-2H2. The number of carbonyl (C=O) groups is 1. The summed E-state index contributed by atoms with van der Waals surface area (Å²) in [6, 6.07) is 18.6. The van der Waals surface area contributed by atoms with E-state index in [2.05, 4.69) is 0 Å². The minimum absolute atomic E-state index is 0.288. The zero-order valence-electron chi connectivity index (χ0n) is 12.1. The smallest absolute Gasteiger partial charge is 0.338 e. The number of aliphatic hydroxyl groups is 3. The molecule has 0 saturated heterocycles. The van der Waals surface area contributed by atoms with Crippen molar-refractivity contribution in [1.29, 1.82) is 0 Å². The van der Waals surface area contributed by atoms with Gasteiger partial charge in [-0.15, -0.1) is 0 Å². The second-order valence-electron chi connectivity index (χ2n) is 4.45. The summed E-state index contributed by atoms with van der Waals surface area (Å²) in [5, 5.41) is 24.0. The minimum Gasteiger partial charge on any atom is -0.457 e. The normalized spacial score (nSPS) is 9.82. The van der Waals surface area contributed by atoms with E-state index in [9.17, 15) is 4.79 Å². The van der Waals surface area contributed by atoms with Crippen molar-refractivity contribution < 1.29 is 24.9 Å². The number of ether oxygens (including phenoxy) is 1. The monoisotopic (exact) mass is 304 g/mol. The SMILES string of the molecule is O=C(OCc1ccccc1)c1ccccc1.OCC(O)CO. The van der Waals surface area contributed by atoms with Gasteiger partial charge in [0.1, 0.15) is 12.7 Å². The fourth-order valence-corrected chi connectivity index (χ4v) is 1.44. The third kappa shape index (κ3) is 6.99. The molecule has 0 spiro atoms. The molecule has 2 aromatic rings. The molecule has 2 rings (SSSR count). The quantitative estimate of drug-likeness (QED) is 0.726. The molecule has 5 heteroatoms. The van der Waals surface area contributed by atoms with E-state index < -0.39 is 6.10 Å². The molecule has 118 valence electrons. The topological polar surface area (TPSA) is 87.0 Å². The van der Waals surface area contributed by atoms with Crippen LogP contribution in [0.5, 0.6) is 0 Å². The Morgan fingerprint density at radius 2 is 1.41 bits per heavy atom. The largest absolute Gasteiger partial charge is 0.457 e. The van der Waals surface area contributed by atoms with Gasteiger partial charge in [0.05, 0.1) is 18.8 Å². The molecule has 0 radical (unpaired) electrons. The van der Waals surface area contributed by atoms with Gasteiger partial charge in [0.25, 0.3) is 0 Å². The van der Waals surface area contributed by atoms with Crippen molar-refractivity contribution in [2.75, 3.05) is 13.2 Å². The average molecular weight is 304 g/mol. The highest BCUT2D eigenvalue weighted by molar-refractivity contribution is 5.89. The van der Waals surface area contributed by atoms with Gasteiger partial charge in [0.15, 0.2) is 0 Å². The molecule has 22 heavy (non-hydrogen) atoms. The molecule has 0 aliphatic carbocycles. The van der Waals surface area contributed by atoms with E-state index in [1.165, 1.54) is 0 Å².